The highest BCUT2D eigenvalue weighted by Crippen LogP contribution is 2.38. The van der Waals surface area contributed by atoms with Crippen LogP contribution in [0.15, 0.2) is 76.0 Å². The fraction of sp³-hybridized carbons (Fsp3) is 0.250. The monoisotopic (exact) mass is 556 g/mol. The third-order valence-electron chi connectivity index (χ3n) is 6.69. The van der Waals surface area contributed by atoms with Crippen LogP contribution in [0.4, 0.5) is 8.78 Å². The summed E-state index contributed by atoms with van der Waals surface area (Å²) < 4.78 is 74.6. The molecule has 0 unspecified atom stereocenters. The fourth-order valence-electron chi connectivity index (χ4n) is 4.59. The zero-order valence-electron chi connectivity index (χ0n) is 21.0. The van der Waals surface area contributed by atoms with E-state index in [1.807, 2.05) is 0 Å². The SMILES string of the molecule is COC1(c2cc(F)cc(OCc3nc(-c4ccc(F)cc4)c(-c4ccc(S(N)(=O)=O)cc4)o3)c2)CCOCC1. The van der Waals surface area contributed by atoms with Gasteiger partial charge in [0.15, 0.2) is 12.4 Å². The lowest BCUT2D eigenvalue weighted by Crippen LogP contribution is -2.35. The van der Waals surface area contributed by atoms with Gasteiger partial charge in [-0.1, -0.05) is 0 Å². The number of hydrogen-bond acceptors (Lipinski definition) is 7. The van der Waals surface area contributed by atoms with Gasteiger partial charge in [0, 0.05) is 50.4 Å². The van der Waals surface area contributed by atoms with Gasteiger partial charge in [0.2, 0.25) is 15.9 Å². The molecule has 0 aliphatic carbocycles. The first-order chi connectivity index (χ1) is 18.7. The Morgan fingerprint density at radius 1 is 0.949 bits per heavy atom. The number of benzene rings is 3. The van der Waals surface area contributed by atoms with Gasteiger partial charge in [0.25, 0.3) is 0 Å². The second kappa shape index (κ2) is 10.9. The van der Waals surface area contributed by atoms with Crippen molar-refractivity contribution in [2.75, 3.05) is 20.3 Å². The number of hydrogen-bond donors (Lipinski definition) is 1. The highest BCUT2D eigenvalue weighted by Gasteiger charge is 2.35. The Morgan fingerprint density at radius 3 is 2.26 bits per heavy atom. The molecule has 39 heavy (non-hydrogen) atoms. The molecule has 0 atom stereocenters. The van der Waals surface area contributed by atoms with Gasteiger partial charge in [0.1, 0.15) is 23.1 Å². The van der Waals surface area contributed by atoms with Gasteiger partial charge in [-0.25, -0.2) is 27.3 Å². The Labute approximate surface area is 224 Å². The third kappa shape index (κ3) is 5.86. The fourth-order valence-corrected chi connectivity index (χ4v) is 5.10. The highest BCUT2D eigenvalue weighted by atomic mass is 32.2. The van der Waals surface area contributed by atoms with E-state index in [9.17, 15) is 17.2 Å². The van der Waals surface area contributed by atoms with Crippen LogP contribution in [0.25, 0.3) is 22.6 Å². The Kier molecular flexibility index (Phi) is 7.50. The van der Waals surface area contributed by atoms with Gasteiger partial charge in [-0.3, -0.25) is 0 Å². The van der Waals surface area contributed by atoms with Crippen LogP contribution < -0.4 is 9.88 Å². The summed E-state index contributed by atoms with van der Waals surface area (Å²) in [4.78, 5) is 4.49. The van der Waals surface area contributed by atoms with Crippen LogP contribution >= 0.6 is 0 Å². The van der Waals surface area contributed by atoms with Crippen molar-refractivity contribution in [1.82, 2.24) is 4.98 Å². The number of oxazole rings is 1. The van der Waals surface area contributed by atoms with Crippen molar-refractivity contribution in [1.29, 1.82) is 0 Å². The van der Waals surface area contributed by atoms with Crippen LogP contribution in [-0.2, 0) is 31.7 Å². The minimum absolute atomic E-state index is 0.0575. The minimum atomic E-state index is -3.88. The van der Waals surface area contributed by atoms with Crippen molar-refractivity contribution < 1.29 is 35.8 Å². The van der Waals surface area contributed by atoms with Crippen LogP contribution in [0.1, 0.15) is 24.3 Å². The van der Waals surface area contributed by atoms with Gasteiger partial charge in [-0.05, 0) is 66.2 Å². The summed E-state index contributed by atoms with van der Waals surface area (Å²) in [7, 11) is -2.28. The molecular formula is C28H26F2N2O6S. The number of rotatable bonds is 8. The molecule has 11 heteroatoms. The van der Waals surface area contributed by atoms with Crippen molar-refractivity contribution >= 4 is 10.0 Å². The zero-order chi connectivity index (χ0) is 27.6. The average Bonchev–Trinajstić information content (AvgIpc) is 3.36. The van der Waals surface area contributed by atoms with Gasteiger partial charge < -0.3 is 18.6 Å². The molecule has 0 amide bonds. The Morgan fingerprint density at radius 2 is 1.62 bits per heavy atom. The highest BCUT2D eigenvalue weighted by molar-refractivity contribution is 7.89. The van der Waals surface area contributed by atoms with E-state index >= 15 is 0 Å². The summed E-state index contributed by atoms with van der Waals surface area (Å²) in [5.41, 5.74) is 1.48. The van der Waals surface area contributed by atoms with Gasteiger partial charge in [0.05, 0.1) is 10.5 Å². The van der Waals surface area contributed by atoms with Crippen LogP contribution in [0.5, 0.6) is 5.75 Å². The molecule has 0 radical (unpaired) electrons. The molecule has 0 saturated carbocycles. The molecule has 1 aliphatic heterocycles. The molecule has 8 nitrogen and oxygen atoms in total. The lowest BCUT2D eigenvalue weighted by molar-refractivity contribution is -0.0950. The quantitative estimate of drug-likeness (QED) is 0.319. The molecule has 1 aromatic heterocycles. The number of ether oxygens (including phenoxy) is 3. The number of methoxy groups -OCH3 is 1. The Balaban J connectivity index is 1.46. The molecule has 0 spiro atoms. The molecule has 5 rings (SSSR count). The van der Waals surface area contributed by atoms with E-state index in [1.165, 1.54) is 48.5 Å². The molecule has 2 heterocycles. The Hall–Kier alpha value is -3.64. The predicted octanol–water partition coefficient (Wildman–Crippen LogP) is 5.17. The molecule has 2 N–H and O–H groups in total. The lowest BCUT2D eigenvalue weighted by atomic mass is 9.86. The first-order valence-electron chi connectivity index (χ1n) is 12.1. The van der Waals surface area contributed by atoms with Crippen LogP contribution in [0.3, 0.4) is 0 Å². The van der Waals surface area contributed by atoms with Crippen molar-refractivity contribution in [2.45, 2.75) is 29.9 Å². The molecule has 1 saturated heterocycles. The number of halogens is 2. The van der Waals surface area contributed by atoms with E-state index in [4.69, 9.17) is 23.8 Å². The van der Waals surface area contributed by atoms with Crippen molar-refractivity contribution in [3.05, 3.63) is 89.8 Å². The van der Waals surface area contributed by atoms with Crippen molar-refractivity contribution in [3.63, 3.8) is 0 Å². The van der Waals surface area contributed by atoms with Gasteiger partial charge in [-0.15, -0.1) is 0 Å². The smallest absolute Gasteiger partial charge is 0.238 e. The van der Waals surface area contributed by atoms with E-state index in [0.717, 1.165) is 0 Å². The van der Waals surface area contributed by atoms with E-state index in [-0.39, 0.29) is 23.1 Å². The van der Waals surface area contributed by atoms with Crippen LogP contribution in [-0.4, -0.2) is 33.7 Å². The number of primary sulfonamides is 1. The minimum Gasteiger partial charge on any atom is -0.484 e. The maximum atomic E-state index is 14.6. The molecular weight excluding hydrogens is 530 g/mol. The molecule has 4 aromatic rings. The summed E-state index contributed by atoms with van der Waals surface area (Å²) in [6, 6.07) is 15.9. The average molecular weight is 557 g/mol. The Bertz CT molecular complexity index is 1560. The topological polar surface area (TPSA) is 114 Å². The van der Waals surface area contributed by atoms with Crippen molar-refractivity contribution in [2.24, 2.45) is 5.14 Å². The van der Waals surface area contributed by atoms with E-state index in [2.05, 4.69) is 4.98 Å². The molecule has 3 aromatic carbocycles. The maximum absolute atomic E-state index is 14.6. The van der Waals surface area contributed by atoms with E-state index in [1.54, 1.807) is 25.3 Å². The predicted molar refractivity (Wildman–Crippen MR) is 138 cm³/mol. The van der Waals surface area contributed by atoms with Gasteiger partial charge in [-0.2, -0.15) is 0 Å². The zero-order valence-corrected chi connectivity index (χ0v) is 21.8. The van der Waals surface area contributed by atoms with Crippen molar-refractivity contribution in [3.8, 4) is 28.3 Å². The molecule has 1 aliphatic rings. The first kappa shape index (κ1) is 26.9. The lowest BCUT2D eigenvalue weighted by Gasteiger charge is -2.36. The number of nitrogens with zero attached hydrogens (tertiary/aromatic N) is 1. The normalized spacial score (nSPS) is 15.3. The number of sulfonamides is 1. The standard InChI is InChI=1S/C28H26F2N2O6S/c1-35-28(10-12-36-13-11-28)20-14-22(30)16-23(15-20)37-17-25-32-26(18-2-6-21(29)7-3-18)27(38-25)19-4-8-24(9-5-19)39(31,33)34/h2-9,14-16H,10-13,17H2,1H3,(H2,31,33,34). The van der Waals surface area contributed by atoms with Crippen LogP contribution in [0.2, 0.25) is 0 Å². The van der Waals surface area contributed by atoms with Gasteiger partial charge >= 0.3 is 0 Å². The number of aromatic nitrogens is 1. The van der Waals surface area contributed by atoms with E-state index in [0.29, 0.717) is 54.2 Å². The van der Waals surface area contributed by atoms with Crippen LogP contribution in [0, 0.1) is 11.6 Å². The summed E-state index contributed by atoms with van der Waals surface area (Å²) in [5.74, 6) is -0.112. The second-order valence-electron chi connectivity index (χ2n) is 9.14. The largest absolute Gasteiger partial charge is 0.484 e. The summed E-state index contributed by atoms with van der Waals surface area (Å²) in [5, 5.41) is 5.21. The number of nitrogens with two attached hydrogens (primary N) is 1. The molecule has 0 bridgehead atoms. The molecule has 1 fully saturated rings. The second-order valence-corrected chi connectivity index (χ2v) is 10.7. The summed E-state index contributed by atoms with van der Waals surface area (Å²) >= 11 is 0. The third-order valence-corrected chi connectivity index (χ3v) is 7.61. The maximum Gasteiger partial charge on any atom is 0.238 e. The molecule has 204 valence electrons. The first-order valence-corrected chi connectivity index (χ1v) is 13.7. The summed E-state index contributed by atoms with van der Waals surface area (Å²) in [6.45, 7) is 0.878. The summed E-state index contributed by atoms with van der Waals surface area (Å²) in [6.07, 6.45) is 1.17. The van der Waals surface area contributed by atoms with E-state index < -0.39 is 27.3 Å².